The van der Waals surface area contributed by atoms with E-state index in [1.807, 2.05) is 11.9 Å². The van der Waals surface area contributed by atoms with Crippen molar-refractivity contribution < 1.29 is 9.90 Å². The molecule has 0 heterocycles. The molecule has 0 radical (unpaired) electrons. The fourth-order valence-corrected chi connectivity index (χ4v) is 1.67. The largest absolute Gasteiger partial charge is 0.389 e. The third kappa shape index (κ3) is 9.09. The van der Waals surface area contributed by atoms with Gasteiger partial charge in [0.25, 0.3) is 0 Å². The summed E-state index contributed by atoms with van der Waals surface area (Å²) in [4.78, 5) is 15.4. The number of nitrogens with zero attached hydrogens (tertiary/aromatic N) is 2. The van der Waals surface area contributed by atoms with Gasteiger partial charge in [-0.05, 0) is 33.9 Å². The molecule has 17 heavy (non-hydrogen) atoms. The first-order chi connectivity index (χ1) is 7.76. The number of rotatable bonds is 8. The molecule has 0 saturated heterocycles. The fourth-order valence-electron chi connectivity index (χ4n) is 1.67. The molecule has 0 fully saturated rings. The van der Waals surface area contributed by atoms with E-state index in [1.165, 1.54) is 0 Å². The SMILES string of the molecule is CN(CCC(=O)N(C)CCCN)CC(C)(C)O. The Hall–Kier alpha value is -0.650. The Balaban J connectivity index is 3.83. The van der Waals surface area contributed by atoms with Gasteiger partial charge in [0.1, 0.15) is 0 Å². The maximum Gasteiger partial charge on any atom is 0.223 e. The van der Waals surface area contributed by atoms with Crippen molar-refractivity contribution in [1.82, 2.24) is 9.80 Å². The number of hydrogen-bond donors (Lipinski definition) is 2. The van der Waals surface area contributed by atoms with Crippen molar-refractivity contribution in [2.45, 2.75) is 32.3 Å². The maximum atomic E-state index is 11.7. The molecule has 0 atom stereocenters. The van der Waals surface area contributed by atoms with E-state index in [0.29, 0.717) is 32.6 Å². The second-order valence-corrected chi connectivity index (χ2v) is 5.26. The predicted octanol–water partition coefficient (Wildman–Crippen LogP) is -0.114. The lowest BCUT2D eigenvalue weighted by atomic mass is 10.1. The summed E-state index contributed by atoms with van der Waals surface area (Å²) < 4.78 is 0. The monoisotopic (exact) mass is 245 g/mol. The number of likely N-dealkylation sites (N-methyl/N-ethyl adjacent to an activating group) is 1. The van der Waals surface area contributed by atoms with Crippen LogP contribution in [-0.4, -0.2) is 66.7 Å². The van der Waals surface area contributed by atoms with Crippen molar-refractivity contribution >= 4 is 5.91 Å². The molecule has 0 unspecified atom stereocenters. The van der Waals surface area contributed by atoms with Crippen molar-refractivity contribution in [3.63, 3.8) is 0 Å². The van der Waals surface area contributed by atoms with Crippen LogP contribution in [0.4, 0.5) is 0 Å². The van der Waals surface area contributed by atoms with E-state index >= 15 is 0 Å². The lowest BCUT2D eigenvalue weighted by Crippen LogP contribution is -2.38. The van der Waals surface area contributed by atoms with Gasteiger partial charge in [-0.25, -0.2) is 0 Å². The Morgan fingerprint density at radius 3 is 2.35 bits per heavy atom. The van der Waals surface area contributed by atoms with Crippen LogP contribution in [0.2, 0.25) is 0 Å². The molecule has 0 aromatic carbocycles. The first-order valence-electron chi connectivity index (χ1n) is 6.11. The van der Waals surface area contributed by atoms with Crippen molar-refractivity contribution in [3.8, 4) is 0 Å². The fraction of sp³-hybridized carbons (Fsp3) is 0.917. The highest BCUT2D eigenvalue weighted by Crippen LogP contribution is 2.04. The standard InChI is InChI=1S/C12H27N3O2/c1-12(2,17)10-14(3)9-6-11(16)15(4)8-5-7-13/h17H,5-10,13H2,1-4H3. The molecular weight excluding hydrogens is 218 g/mol. The highest BCUT2D eigenvalue weighted by molar-refractivity contribution is 5.76. The Bertz CT molecular complexity index is 226. The van der Waals surface area contributed by atoms with Crippen LogP contribution in [0, 0.1) is 0 Å². The minimum Gasteiger partial charge on any atom is -0.389 e. The molecule has 0 aliphatic heterocycles. The van der Waals surface area contributed by atoms with Gasteiger partial charge >= 0.3 is 0 Å². The van der Waals surface area contributed by atoms with Crippen LogP contribution in [0.3, 0.4) is 0 Å². The summed E-state index contributed by atoms with van der Waals surface area (Å²) >= 11 is 0. The Kier molecular flexibility index (Phi) is 7.34. The Labute approximate surface area is 105 Å². The summed E-state index contributed by atoms with van der Waals surface area (Å²) in [5, 5.41) is 9.63. The molecule has 0 rings (SSSR count). The topological polar surface area (TPSA) is 69.8 Å². The second kappa shape index (κ2) is 7.63. The lowest BCUT2D eigenvalue weighted by Gasteiger charge is -2.26. The first kappa shape index (κ1) is 16.4. The number of carbonyl (C=O) groups is 1. The summed E-state index contributed by atoms with van der Waals surface area (Å²) in [6.07, 6.45) is 1.31. The van der Waals surface area contributed by atoms with E-state index in [1.54, 1.807) is 25.8 Å². The summed E-state index contributed by atoms with van der Waals surface area (Å²) in [5.74, 6) is 0.126. The molecule has 1 amide bonds. The van der Waals surface area contributed by atoms with Crippen LogP contribution in [0.5, 0.6) is 0 Å². The molecule has 0 aromatic heterocycles. The number of nitrogens with two attached hydrogens (primary N) is 1. The van der Waals surface area contributed by atoms with Crippen LogP contribution in [0.25, 0.3) is 0 Å². The highest BCUT2D eigenvalue weighted by Gasteiger charge is 2.16. The molecule has 5 heteroatoms. The van der Waals surface area contributed by atoms with Crippen LogP contribution >= 0.6 is 0 Å². The number of amides is 1. The zero-order chi connectivity index (χ0) is 13.5. The van der Waals surface area contributed by atoms with Gasteiger partial charge in [-0.3, -0.25) is 4.79 Å². The van der Waals surface area contributed by atoms with Gasteiger partial charge in [-0.1, -0.05) is 0 Å². The zero-order valence-electron chi connectivity index (χ0n) is 11.6. The van der Waals surface area contributed by atoms with E-state index in [-0.39, 0.29) is 5.91 Å². The van der Waals surface area contributed by atoms with Crippen molar-refractivity contribution in [2.75, 3.05) is 40.3 Å². The van der Waals surface area contributed by atoms with E-state index in [4.69, 9.17) is 5.73 Å². The van der Waals surface area contributed by atoms with Crippen LogP contribution < -0.4 is 5.73 Å². The van der Waals surface area contributed by atoms with Gasteiger partial charge in [-0.2, -0.15) is 0 Å². The van der Waals surface area contributed by atoms with Crippen LogP contribution in [-0.2, 0) is 4.79 Å². The van der Waals surface area contributed by atoms with Gasteiger partial charge in [0.2, 0.25) is 5.91 Å². The summed E-state index contributed by atoms with van der Waals surface area (Å²) in [6.45, 7) is 6.07. The van der Waals surface area contributed by atoms with E-state index < -0.39 is 5.60 Å². The van der Waals surface area contributed by atoms with Gasteiger partial charge in [0.05, 0.1) is 5.60 Å². The van der Waals surface area contributed by atoms with Gasteiger partial charge in [0, 0.05) is 33.1 Å². The van der Waals surface area contributed by atoms with Gasteiger partial charge < -0.3 is 20.6 Å². The zero-order valence-corrected chi connectivity index (χ0v) is 11.6. The molecule has 0 spiro atoms. The average Bonchev–Trinajstić information content (AvgIpc) is 2.20. The Morgan fingerprint density at radius 2 is 1.88 bits per heavy atom. The molecule has 0 aliphatic carbocycles. The second-order valence-electron chi connectivity index (χ2n) is 5.26. The predicted molar refractivity (Wildman–Crippen MR) is 69.7 cm³/mol. The van der Waals surface area contributed by atoms with E-state index in [2.05, 4.69) is 0 Å². The summed E-state index contributed by atoms with van der Waals surface area (Å²) in [7, 11) is 3.71. The molecular formula is C12H27N3O2. The summed E-state index contributed by atoms with van der Waals surface area (Å²) in [5.41, 5.74) is 4.68. The molecule has 3 N–H and O–H groups in total. The molecule has 0 saturated carbocycles. The lowest BCUT2D eigenvalue weighted by molar-refractivity contribution is -0.130. The molecule has 102 valence electrons. The minimum absolute atomic E-state index is 0.126. The van der Waals surface area contributed by atoms with Gasteiger partial charge in [0.15, 0.2) is 0 Å². The first-order valence-corrected chi connectivity index (χ1v) is 6.11. The van der Waals surface area contributed by atoms with Crippen molar-refractivity contribution in [3.05, 3.63) is 0 Å². The van der Waals surface area contributed by atoms with E-state index in [9.17, 15) is 9.90 Å². The number of aliphatic hydroxyl groups is 1. The normalized spacial score (nSPS) is 11.9. The quantitative estimate of drug-likeness (QED) is 0.626. The number of hydrogen-bond acceptors (Lipinski definition) is 4. The van der Waals surface area contributed by atoms with Crippen LogP contribution in [0.1, 0.15) is 26.7 Å². The van der Waals surface area contributed by atoms with Crippen molar-refractivity contribution in [1.29, 1.82) is 0 Å². The number of carbonyl (C=O) groups excluding carboxylic acids is 1. The third-order valence-electron chi connectivity index (χ3n) is 2.49. The molecule has 0 aliphatic rings. The molecule has 0 aromatic rings. The highest BCUT2D eigenvalue weighted by atomic mass is 16.3. The molecule has 0 bridgehead atoms. The van der Waals surface area contributed by atoms with Gasteiger partial charge in [-0.15, -0.1) is 0 Å². The summed E-state index contributed by atoms with van der Waals surface area (Å²) in [6, 6.07) is 0. The van der Waals surface area contributed by atoms with Crippen LogP contribution in [0.15, 0.2) is 0 Å². The third-order valence-corrected chi connectivity index (χ3v) is 2.49. The van der Waals surface area contributed by atoms with Crippen molar-refractivity contribution in [2.24, 2.45) is 5.73 Å². The van der Waals surface area contributed by atoms with E-state index in [0.717, 1.165) is 6.42 Å². The maximum absolute atomic E-state index is 11.7. The molecule has 5 nitrogen and oxygen atoms in total. The average molecular weight is 245 g/mol. The minimum atomic E-state index is -0.719. The smallest absolute Gasteiger partial charge is 0.223 e. The Morgan fingerprint density at radius 1 is 1.29 bits per heavy atom.